The van der Waals surface area contributed by atoms with Crippen LogP contribution >= 0.6 is 0 Å². The van der Waals surface area contributed by atoms with E-state index in [0.717, 1.165) is 12.3 Å². The fourth-order valence-corrected chi connectivity index (χ4v) is 1.70. The summed E-state index contributed by atoms with van der Waals surface area (Å²) >= 11 is 0. The molecule has 0 unspecified atom stereocenters. The van der Waals surface area contributed by atoms with Crippen molar-refractivity contribution < 1.29 is 14.1 Å². The van der Waals surface area contributed by atoms with E-state index in [1.807, 2.05) is 0 Å². The fraction of sp³-hybridized carbons (Fsp3) is 0.0769. The van der Waals surface area contributed by atoms with E-state index in [1.165, 1.54) is 18.2 Å². The zero-order valence-corrected chi connectivity index (χ0v) is 10.7. The van der Waals surface area contributed by atoms with Gasteiger partial charge >= 0.3 is 0 Å². The van der Waals surface area contributed by atoms with Gasteiger partial charge in [0.15, 0.2) is 0 Å². The number of carbonyl (C=O) groups is 1. The Kier molecular flexibility index (Phi) is 4.07. The van der Waals surface area contributed by atoms with Gasteiger partial charge in [0, 0.05) is 12.1 Å². The van der Waals surface area contributed by atoms with Crippen molar-refractivity contribution in [2.24, 2.45) is 0 Å². The summed E-state index contributed by atoms with van der Waals surface area (Å²) in [6, 6.07) is 7.01. The van der Waals surface area contributed by atoms with E-state index in [9.17, 15) is 19.3 Å². The van der Waals surface area contributed by atoms with E-state index in [0.29, 0.717) is 0 Å². The molecule has 1 heterocycles. The Morgan fingerprint density at radius 3 is 2.81 bits per heavy atom. The number of hydrogen-bond donors (Lipinski definition) is 2. The predicted molar refractivity (Wildman–Crippen MR) is 72.9 cm³/mol. The summed E-state index contributed by atoms with van der Waals surface area (Å²) in [6.45, 7) is -0.0924. The smallest absolute Gasteiger partial charge is 0.300 e. The number of nitrogens with zero attached hydrogens (tertiary/aromatic N) is 2. The fourth-order valence-electron chi connectivity index (χ4n) is 1.70. The normalized spacial score (nSPS) is 10.1. The number of nitrogens with two attached hydrogens (primary N) is 1. The summed E-state index contributed by atoms with van der Waals surface area (Å²) in [5, 5.41) is 13.3. The third-order valence-electron chi connectivity index (χ3n) is 2.74. The van der Waals surface area contributed by atoms with Crippen LogP contribution in [-0.4, -0.2) is 15.8 Å². The topological polar surface area (TPSA) is 111 Å². The molecule has 0 aliphatic heterocycles. The van der Waals surface area contributed by atoms with Gasteiger partial charge in [-0.3, -0.25) is 14.9 Å². The van der Waals surface area contributed by atoms with Crippen LogP contribution in [0.15, 0.2) is 36.5 Å². The van der Waals surface area contributed by atoms with Crippen molar-refractivity contribution >= 4 is 17.4 Å². The molecule has 0 aliphatic rings. The number of nitrogens with one attached hydrogen (secondary N) is 1. The van der Waals surface area contributed by atoms with Crippen LogP contribution in [0.3, 0.4) is 0 Å². The second-order valence-electron chi connectivity index (χ2n) is 4.16. The minimum Gasteiger partial charge on any atom is -0.384 e. The van der Waals surface area contributed by atoms with Gasteiger partial charge in [0.25, 0.3) is 11.6 Å². The summed E-state index contributed by atoms with van der Waals surface area (Å²) in [5.41, 5.74) is 5.02. The van der Waals surface area contributed by atoms with Gasteiger partial charge in [0.05, 0.1) is 4.92 Å². The second-order valence-corrected chi connectivity index (χ2v) is 4.16. The Labute approximate surface area is 118 Å². The first-order valence-corrected chi connectivity index (χ1v) is 5.90. The number of aromatic nitrogens is 1. The first kappa shape index (κ1) is 14.4. The quantitative estimate of drug-likeness (QED) is 0.656. The van der Waals surface area contributed by atoms with Crippen LogP contribution in [0.1, 0.15) is 15.9 Å². The highest BCUT2D eigenvalue weighted by atomic mass is 19.1. The summed E-state index contributed by atoms with van der Waals surface area (Å²) in [5.74, 6) is -1.21. The molecule has 0 saturated carbocycles. The first-order chi connectivity index (χ1) is 9.99. The van der Waals surface area contributed by atoms with E-state index in [4.69, 9.17) is 5.73 Å². The van der Waals surface area contributed by atoms with Crippen LogP contribution in [0, 0.1) is 15.9 Å². The van der Waals surface area contributed by atoms with Gasteiger partial charge in [-0.25, -0.2) is 9.37 Å². The molecule has 8 heteroatoms. The summed E-state index contributed by atoms with van der Waals surface area (Å²) in [7, 11) is 0. The number of halogens is 1. The zero-order chi connectivity index (χ0) is 15.4. The SMILES string of the molecule is Nc1cc(C(=O)NCc2ccccc2F)c([N+](=O)[O-])cn1. The molecule has 0 fully saturated rings. The summed E-state index contributed by atoms with van der Waals surface area (Å²) < 4.78 is 13.4. The Hall–Kier alpha value is -3.03. The molecule has 7 nitrogen and oxygen atoms in total. The molecular formula is C13H11FN4O3. The standard InChI is InChI=1S/C13H11FN4O3/c14-10-4-2-1-3-8(10)6-17-13(19)9-5-12(15)16-7-11(9)18(20)21/h1-5,7H,6H2,(H2,15,16)(H,17,19). The lowest BCUT2D eigenvalue weighted by Crippen LogP contribution is -2.24. The van der Waals surface area contributed by atoms with Crippen LogP contribution in [0.4, 0.5) is 15.9 Å². The van der Waals surface area contributed by atoms with Gasteiger partial charge in [0.1, 0.15) is 23.4 Å². The molecule has 0 saturated heterocycles. The van der Waals surface area contributed by atoms with Gasteiger partial charge < -0.3 is 11.1 Å². The molecule has 1 aromatic carbocycles. The van der Waals surface area contributed by atoms with Crippen LogP contribution in [-0.2, 0) is 6.54 Å². The molecule has 2 aromatic rings. The highest BCUT2D eigenvalue weighted by Crippen LogP contribution is 2.19. The lowest BCUT2D eigenvalue weighted by molar-refractivity contribution is -0.385. The van der Waals surface area contributed by atoms with Crippen molar-refractivity contribution in [1.82, 2.24) is 10.3 Å². The molecule has 0 spiro atoms. The van der Waals surface area contributed by atoms with Crippen LogP contribution in [0.2, 0.25) is 0 Å². The number of rotatable bonds is 4. The van der Waals surface area contributed by atoms with Gasteiger partial charge in [-0.15, -0.1) is 0 Å². The number of benzene rings is 1. The number of carbonyl (C=O) groups excluding carboxylic acids is 1. The minimum atomic E-state index is -0.732. The maximum Gasteiger partial charge on any atom is 0.300 e. The number of nitrogen functional groups attached to an aromatic ring is 1. The molecule has 0 atom stereocenters. The van der Waals surface area contributed by atoms with Crippen LogP contribution in [0.25, 0.3) is 0 Å². The Morgan fingerprint density at radius 1 is 1.43 bits per heavy atom. The summed E-state index contributed by atoms with van der Waals surface area (Å²) in [6.07, 6.45) is 0.910. The number of anilines is 1. The molecule has 1 amide bonds. The molecular weight excluding hydrogens is 279 g/mol. The average Bonchev–Trinajstić information content (AvgIpc) is 2.45. The van der Waals surface area contributed by atoms with Gasteiger partial charge in [-0.05, 0) is 12.1 Å². The van der Waals surface area contributed by atoms with Crippen molar-refractivity contribution in [2.75, 3.05) is 5.73 Å². The molecule has 3 N–H and O–H groups in total. The molecule has 21 heavy (non-hydrogen) atoms. The van der Waals surface area contributed by atoms with Gasteiger partial charge in [-0.1, -0.05) is 18.2 Å². The first-order valence-electron chi connectivity index (χ1n) is 5.90. The van der Waals surface area contributed by atoms with Crippen molar-refractivity contribution in [3.05, 3.63) is 63.6 Å². The molecule has 0 aliphatic carbocycles. The lowest BCUT2D eigenvalue weighted by atomic mass is 10.2. The van der Waals surface area contributed by atoms with Crippen LogP contribution in [0.5, 0.6) is 0 Å². The van der Waals surface area contributed by atoms with Crippen LogP contribution < -0.4 is 11.1 Å². The van der Waals surface area contributed by atoms with E-state index < -0.39 is 22.3 Å². The van der Waals surface area contributed by atoms with Gasteiger partial charge in [0.2, 0.25) is 0 Å². The van der Waals surface area contributed by atoms with Crippen molar-refractivity contribution in [3.63, 3.8) is 0 Å². The number of amides is 1. The molecule has 0 radical (unpaired) electrons. The minimum absolute atomic E-state index is 0.0170. The Bertz CT molecular complexity index is 706. The van der Waals surface area contributed by atoms with E-state index >= 15 is 0 Å². The Balaban J connectivity index is 2.19. The van der Waals surface area contributed by atoms with E-state index in [-0.39, 0.29) is 23.5 Å². The monoisotopic (exact) mass is 290 g/mol. The summed E-state index contributed by atoms with van der Waals surface area (Å²) in [4.78, 5) is 25.7. The molecule has 2 rings (SSSR count). The van der Waals surface area contributed by atoms with E-state index in [2.05, 4.69) is 10.3 Å². The average molecular weight is 290 g/mol. The maximum absolute atomic E-state index is 13.4. The zero-order valence-electron chi connectivity index (χ0n) is 10.7. The number of pyridine rings is 1. The molecule has 108 valence electrons. The maximum atomic E-state index is 13.4. The lowest BCUT2D eigenvalue weighted by Gasteiger charge is -2.07. The predicted octanol–water partition coefficient (Wildman–Crippen LogP) is 1.64. The largest absolute Gasteiger partial charge is 0.384 e. The molecule has 0 bridgehead atoms. The van der Waals surface area contributed by atoms with Gasteiger partial charge in [-0.2, -0.15) is 0 Å². The third-order valence-corrected chi connectivity index (χ3v) is 2.74. The number of hydrogen-bond acceptors (Lipinski definition) is 5. The number of nitro groups is 1. The Morgan fingerprint density at radius 2 is 2.14 bits per heavy atom. The highest BCUT2D eigenvalue weighted by molar-refractivity contribution is 5.98. The third kappa shape index (κ3) is 3.30. The van der Waals surface area contributed by atoms with E-state index in [1.54, 1.807) is 6.07 Å². The molecule has 1 aromatic heterocycles. The second kappa shape index (κ2) is 5.95. The van der Waals surface area contributed by atoms with Crippen molar-refractivity contribution in [2.45, 2.75) is 6.54 Å². The highest BCUT2D eigenvalue weighted by Gasteiger charge is 2.21. The van der Waals surface area contributed by atoms with Crippen molar-refractivity contribution in [3.8, 4) is 0 Å². The van der Waals surface area contributed by atoms with Crippen molar-refractivity contribution in [1.29, 1.82) is 0 Å².